The van der Waals surface area contributed by atoms with Crippen molar-refractivity contribution in [3.8, 4) is 0 Å². The van der Waals surface area contributed by atoms with Crippen molar-refractivity contribution in [1.29, 1.82) is 0 Å². The molecular weight excluding hydrogens is 132 g/mol. The van der Waals surface area contributed by atoms with Crippen LogP contribution in [0.5, 0.6) is 0 Å². The van der Waals surface area contributed by atoms with Gasteiger partial charge < -0.3 is 15.8 Å². The van der Waals surface area contributed by atoms with Crippen molar-refractivity contribution in [2.75, 3.05) is 19.7 Å². The molecular formula is C6H12N2O2. The molecule has 1 amide bonds. The Balaban J connectivity index is 2.33. The summed E-state index contributed by atoms with van der Waals surface area (Å²) < 4.78 is 5.13. The van der Waals surface area contributed by atoms with Gasteiger partial charge in [-0.2, -0.15) is 0 Å². The topological polar surface area (TPSA) is 64.3 Å². The maximum absolute atomic E-state index is 10.7. The summed E-state index contributed by atoms with van der Waals surface area (Å²) in [5.74, 6) is -0.0454. The van der Waals surface area contributed by atoms with Crippen LogP contribution in [0.3, 0.4) is 0 Å². The van der Waals surface area contributed by atoms with E-state index in [1.54, 1.807) is 0 Å². The van der Waals surface area contributed by atoms with Crippen LogP contribution in [0.25, 0.3) is 0 Å². The minimum absolute atomic E-state index is 0.0454. The molecule has 1 aliphatic rings. The Bertz CT molecular complexity index is 127. The van der Waals surface area contributed by atoms with Crippen molar-refractivity contribution in [3.63, 3.8) is 0 Å². The third-order valence-corrected chi connectivity index (χ3v) is 1.50. The molecule has 1 rings (SSSR count). The summed E-state index contributed by atoms with van der Waals surface area (Å²) in [5.41, 5.74) is 5.35. The smallest absolute Gasteiger partial charge is 0.246 e. The minimum Gasteiger partial charge on any atom is -0.367 e. The molecule has 0 radical (unpaired) electrons. The van der Waals surface area contributed by atoms with E-state index in [0.29, 0.717) is 13.1 Å². The molecule has 58 valence electrons. The summed E-state index contributed by atoms with van der Waals surface area (Å²) in [6.45, 7) is 1.33. The molecule has 1 fully saturated rings. The van der Waals surface area contributed by atoms with Crippen LogP contribution in [0.4, 0.5) is 0 Å². The third kappa shape index (κ3) is 1.97. The van der Waals surface area contributed by atoms with E-state index in [2.05, 4.69) is 5.32 Å². The highest BCUT2D eigenvalue weighted by Gasteiger charge is 2.13. The number of carbonyl (C=O) groups excluding carboxylic acids is 1. The molecule has 1 saturated heterocycles. The number of nitrogens with one attached hydrogen (secondary N) is 1. The first-order valence-electron chi connectivity index (χ1n) is 3.41. The second-order valence-electron chi connectivity index (χ2n) is 2.31. The van der Waals surface area contributed by atoms with Crippen LogP contribution < -0.4 is 11.1 Å². The van der Waals surface area contributed by atoms with Gasteiger partial charge in [-0.1, -0.05) is 0 Å². The number of amides is 1. The highest BCUT2D eigenvalue weighted by Crippen LogP contribution is 1.98. The maximum Gasteiger partial charge on any atom is 0.246 e. The summed E-state index contributed by atoms with van der Waals surface area (Å²) in [5, 5.41) is 2.69. The van der Waals surface area contributed by atoms with Gasteiger partial charge in [-0.3, -0.25) is 4.79 Å². The monoisotopic (exact) mass is 144 g/mol. The van der Waals surface area contributed by atoms with Gasteiger partial charge in [0.25, 0.3) is 0 Å². The van der Waals surface area contributed by atoms with Crippen LogP contribution in [0.1, 0.15) is 6.42 Å². The Morgan fingerprint density at radius 2 is 2.60 bits per heavy atom. The Morgan fingerprint density at radius 1 is 1.80 bits per heavy atom. The lowest BCUT2D eigenvalue weighted by atomic mass is 10.2. The lowest BCUT2D eigenvalue weighted by Gasteiger charge is -2.08. The second-order valence-corrected chi connectivity index (χ2v) is 2.31. The van der Waals surface area contributed by atoms with Crippen LogP contribution in [0.15, 0.2) is 0 Å². The third-order valence-electron chi connectivity index (χ3n) is 1.50. The Labute approximate surface area is 59.7 Å². The predicted molar refractivity (Wildman–Crippen MR) is 36.4 cm³/mol. The lowest BCUT2D eigenvalue weighted by molar-refractivity contribution is -0.125. The standard InChI is InChI=1S/C6H12N2O2/c7-3-5-1-2-8-6(9)4-10-5/h5H,1-4,7H2,(H,8,9). The molecule has 0 aromatic heterocycles. The number of carbonyl (C=O) groups is 1. The summed E-state index contributed by atoms with van der Waals surface area (Å²) in [6, 6.07) is 0. The predicted octanol–water partition coefficient (Wildman–Crippen LogP) is -1.15. The normalized spacial score (nSPS) is 27.3. The summed E-state index contributed by atoms with van der Waals surface area (Å²) in [6.07, 6.45) is 0.876. The van der Waals surface area contributed by atoms with Crippen molar-refractivity contribution >= 4 is 5.91 Å². The van der Waals surface area contributed by atoms with E-state index in [4.69, 9.17) is 10.5 Å². The summed E-state index contributed by atoms with van der Waals surface area (Å²) >= 11 is 0. The SMILES string of the molecule is NCC1CCNC(=O)CO1. The zero-order valence-electron chi connectivity index (χ0n) is 5.80. The summed E-state index contributed by atoms with van der Waals surface area (Å²) in [7, 11) is 0. The molecule has 1 unspecified atom stereocenters. The number of rotatable bonds is 1. The van der Waals surface area contributed by atoms with Crippen molar-refractivity contribution in [2.24, 2.45) is 5.73 Å². The van der Waals surface area contributed by atoms with Crippen LogP contribution in [-0.2, 0) is 9.53 Å². The van der Waals surface area contributed by atoms with Gasteiger partial charge in [-0.25, -0.2) is 0 Å². The fourth-order valence-electron chi connectivity index (χ4n) is 0.886. The van der Waals surface area contributed by atoms with Gasteiger partial charge in [0, 0.05) is 13.1 Å². The van der Waals surface area contributed by atoms with E-state index < -0.39 is 0 Å². The fourth-order valence-corrected chi connectivity index (χ4v) is 0.886. The number of hydrogen-bond donors (Lipinski definition) is 2. The highest BCUT2D eigenvalue weighted by molar-refractivity contribution is 5.77. The first-order chi connectivity index (χ1) is 4.83. The fraction of sp³-hybridized carbons (Fsp3) is 0.833. The van der Waals surface area contributed by atoms with E-state index in [1.165, 1.54) is 0 Å². The molecule has 1 heterocycles. The molecule has 1 aliphatic heterocycles. The zero-order valence-corrected chi connectivity index (χ0v) is 5.80. The van der Waals surface area contributed by atoms with Crippen molar-refractivity contribution in [3.05, 3.63) is 0 Å². The van der Waals surface area contributed by atoms with Gasteiger partial charge in [-0.15, -0.1) is 0 Å². The molecule has 0 aromatic carbocycles. The van der Waals surface area contributed by atoms with Crippen molar-refractivity contribution in [2.45, 2.75) is 12.5 Å². The van der Waals surface area contributed by atoms with Gasteiger partial charge in [0.15, 0.2) is 0 Å². The second kappa shape index (κ2) is 3.53. The molecule has 1 atom stereocenters. The molecule has 0 bridgehead atoms. The Morgan fingerprint density at radius 3 is 3.30 bits per heavy atom. The van der Waals surface area contributed by atoms with Crippen LogP contribution in [-0.4, -0.2) is 31.7 Å². The van der Waals surface area contributed by atoms with E-state index in [-0.39, 0.29) is 18.6 Å². The maximum atomic E-state index is 10.7. The Hall–Kier alpha value is -0.610. The van der Waals surface area contributed by atoms with Gasteiger partial charge in [-0.05, 0) is 6.42 Å². The molecule has 0 spiro atoms. The molecule has 10 heavy (non-hydrogen) atoms. The van der Waals surface area contributed by atoms with Gasteiger partial charge in [0.1, 0.15) is 6.61 Å². The highest BCUT2D eigenvalue weighted by atomic mass is 16.5. The summed E-state index contributed by atoms with van der Waals surface area (Å²) in [4.78, 5) is 10.7. The molecule has 4 heteroatoms. The Kier molecular flexibility index (Phi) is 2.65. The first kappa shape index (κ1) is 7.50. The lowest BCUT2D eigenvalue weighted by Crippen LogP contribution is -2.24. The average molecular weight is 144 g/mol. The number of hydrogen-bond acceptors (Lipinski definition) is 3. The van der Waals surface area contributed by atoms with Gasteiger partial charge in [0.2, 0.25) is 5.91 Å². The van der Waals surface area contributed by atoms with Crippen molar-refractivity contribution < 1.29 is 9.53 Å². The number of ether oxygens (including phenoxy) is 1. The van der Waals surface area contributed by atoms with Crippen LogP contribution >= 0.6 is 0 Å². The molecule has 0 saturated carbocycles. The van der Waals surface area contributed by atoms with Crippen molar-refractivity contribution in [1.82, 2.24) is 5.32 Å². The van der Waals surface area contributed by atoms with Crippen LogP contribution in [0, 0.1) is 0 Å². The molecule has 3 N–H and O–H groups in total. The zero-order chi connectivity index (χ0) is 7.40. The largest absolute Gasteiger partial charge is 0.367 e. The van der Waals surface area contributed by atoms with Gasteiger partial charge in [0.05, 0.1) is 6.10 Å². The molecule has 0 aliphatic carbocycles. The van der Waals surface area contributed by atoms with E-state index in [0.717, 1.165) is 6.42 Å². The minimum atomic E-state index is -0.0454. The molecule has 0 aromatic rings. The van der Waals surface area contributed by atoms with Crippen LogP contribution in [0.2, 0.25) is 0 Å². The first-order valence-corrected chi connectivity index (χ1v) is 3.41. The van der Waals surface area contributed by atoms with E-state index in [9.17, 15) is 4.79 Å². The van der Waals surface area contributed by atoms with Gasteiger partial charge >= 0.3 is 0 Å². The quantitative estimate of drug-likeness (QED) is 0.488. The molecule has 4 nitrogen and oxygen atoms in total. The number of nitrogens with two attached hydrogens (primary N) is 1. The van der Waals surface area contributed by atoms with E-state index in [1.807, 2.05) is 0 Å². The average Bonchev–Trinajstić information content (AvgIpc) is 2.14. The van der Waals surface area contributed by atoms with E-state index >= 15 is 0 Å².